The van der Waals surface area contributed by atoms with E-state index in [2.05, 4.69) is 28.2 Å². The number of hydrogen-bond donors (Lipinski definition) is 1. The molecule has 118 valence electrons. The molecular weight excluding hydrogens is 336 g/mol. The lowest BCUT2D eigenvalue weighted by atomic mass is 9.63. The maximum absolute atomic E-state index is 14.5. The highest BCUT2D eigenvalue weighted by molar-refractivity contribution is 9.10. The van der Waals surface area contributed by atoms with Crippen LogP contribution >= 0.6 is 15.9 Å². The van der Waals surface area contributed by atoms with Crippen LogP contribution in [0.2, 0.25) is 0 Å². The molecule has 3 atom stereocenters. The van der Waals surface area contributed by atoms with Gasteiger partial charge in [-0.05, 0) is 65.2 Å². The van der Waals surface area contributed by atoms with Gasteiger partial charge in [-0.15, -0.1) is 0 Å². The number of rotatable bonds is 3. The van der Waals surface area contributed by atoms with Crippen LogP contribution in [0.15, 0.2) is 16.6 Å². The molecule has 1 aromatic rings. The van der Waals surface area contributed by atoms with E-state index in [1.807, 2.05) is 20.9 Å². The van der Waals surface area contributed by atoms with Crippen LogP contribution < -0.4 is 5.32 Å². The van der Waals surface area contributed by atoms with Crippen LogP contribution in [0, 0.1) is 23.5 Å². The topological polar surface area (TPSA) is 12.0 Å². The number of halogens is 3. The van der Waals surface area contributed by atoms with Gasteiger partial charge >= 0.3 is 0 Å². The Labute approximate surface area is 134 Å². The zero-order valence-corrected chi connectivity index (χ0v) is 14.7. The molecule has 1 saturated carbocycles. The van der Waals surface area contributed by atoms with Gasteiger partial charge in [0.15, 0.2) is 0 Å². The minimum absolute atomic E-state index is 0.205. The van der Waals surface area contributed by atoms with Crippen molar-refractivity contribution < 1.29 is 8.78 Å². The summed E-state index contributed by atoms with van der Waals surface area (Å²) in [5.74, 6) is -0.0358. The van der Waals surface area contributed by atoms with E-state index in [1.54, 1.807) is 0 Å². The van der Waals surface area contributed by atoms with Crippen molar-refractivity contribution in [3.63, 3.8) is 0 Å². The lowest BCUT2D eigenvalue weighted by molar-refractivity contribution is 0.146. The Hall–Kier alpha value is -0.480. The lowest BCUT2D eigenvalue weighted by Crippen LogP contribution is -2.47. The molecule has 1 aliphatic rings. The van der Waals surface area contributed by atoms with Crippen molar-refractivity contribution in [1.29, 1.82) is 0 Å². The van der Waals surface area contributed by atoms with E-state index >= 15 is 0 Å². The smallest absolute Gasteiger partial charge is 0.144 e. The molecule has 0 aromatic heterocycles. The Morgan fingerprint density at radius 2 is 1.90 bits per heavy atom. The van der Waals surface area contributed by atoms with E-state index in [0.29, 0.717) is 16.4 Å². The maximum atomic E-state index is 14.5. The Balaban J connectivity index is 2.44. The monoisotopic (exact) mass is 359 g/mol. The molecule has 0 amide bonds. The van der Waals surface area contributed by atoms with Gasteiger partial charge in [0.1, 0.15) is 11.6 Å². The van der Waals surface area contributed by atoms with Gasteiger partial charge in [-0.1, -0.05) is 27.2 Å². The van der Waals surface area contributed by atoms with Crippen molar-refractivity contribution in [2.45, 2.75) is 51.5 Å². The predicted octanol–water partition coefficient (Wildman–Crippen LogP) is 5.03. The average Bonchev–Trinajstić information content (AvgIpc) is 2.42. The normalized spacial score (nSPS) is 26.9. The van der Waals surface area contributed by atoms with Crippen molar-refractivity contribution in [2.75, 3.05) is 7.05 Å². The average molecular weight is 360 g/mol. The molecule has 1 aromatic carbocycles. The third-order valence-corrected chi connectivity index (χ3v) is 5.71. The van der Waals surface area contributed by atoms with Crippen LogP contribution in [0.5, 0.6) is 0 Å². The highest BCUT2D eigenvalue weighted by Gasteiger charge is 2.42. The molecule has 1 N–H and O–H groups in total. The van der Waals surface area contributed by atoms with E-state index in [1.165, 1.54) is 12.1 Å². The summed E-state index contributed by atoms with van der Waals surface area (Å²) in [5, 5.41) is 3.36. The Morgan fingerprint density at radius 3 is 2.52 bits per heavy atom. The molecule has 1 fully saturated rings. The number of hydrogen-bond acceptors (Lipinski definition) is 1. The summed E-state index contributed by atoms with van der Waals surface area (Å²) in [6, 6.07) is 3.08. The van der Waals surface area contributed by atoms with Crippen molar-refractivity contribution in [2.24, 2.45) is 11.8 Å². The van der Waals surface area contributed by atoms with Crippen LogP contribution in [0.1, 0.15) is 45.6 Å². The van der Waals surface area contributed by atoms with E-state index in [9.17, 15) is 8.78 Å². The standard InChI is InChI=1S/C17H24BrF2N/c1-10-5-6-11(14(9-10)21-4)17(2,3)15-13(19)8-7-12(18)16(15)20/h7-8,10-11,14,21H,5-6,9H2,1-4H3. The fourth-order valence-electron chi connectivity index (χ4n) is 3.87. The molecule has 0 heterocycles. The van der Waals surface area contributed by atoms with Gasteiger partial charge in [0.05, 0.1) is 4.47 Å². The quantitative estimate of drug-likeness (QED) is 0.746. The molecule has 0 aliphatic heterocycles. The largest absolute Gasteiger partial charge is 0.317 e. The summed E-state index contributed by atoms with van der Waals surface area (Å²) in [4.78, 5) is 0. The summed E-state index contributed by atoms with van der Waals surface area (Å²) in [7, 11) is 1.94. The Bertz CT molecular complexity index is 516. The minimum Gasteiger partial charge on any atom is -0.317 e. The van der Waals surface area contributed by atoms with Gasteiger partial charge in [0, 0.05) is 11.6 Å². The van der Waals surface area contributed by atoms with Crippen LogP contribution in [-0.2, 0) is 5.41 Å². The van der Waals surface area contributed by atoms with Gasteiger partial charge < -0.3 is 5.32 Å². The van der Waals surface area contributed by atoms with Crippen LogP contribution in [0.3, 0.4) is 0 Å². The second-order valence-electron chi connectivity index (χ2n) is 6.86. The fraction of sp³-hybridized carbons (Fsp3) is 0.647. The van der Waals surface area contributed by atoms with E-state index in [0.717, 1.165) is 19.3 Å². The molecule has 0 radical (unpaired) electrons. The maximum Gasteiger partial charge on any atom is 0.144 e. The lowest BCUT2D eigenvalue weighted by Gasteiger charge is -2.44. The Morgan fingerprint density at radius 1 is 1.24 bits per heavy atom. The summed E-state index contributed by atoms with van der Waals surface area (Å²) in [6.07, 6.45) is 3.16. The summed E-state index contributed by atoms with van der Waals surface area (Å²) in [6.45, 7) is 6.17. The van der Waals surface area contributed by atoms with Gasteiger partial charge in [-0.3, -0.25) is 0 Å². The first-order valence-electron chi connectivity index (χ1n) is 7.60. The van der Waals surface area contributed by atoms with Crippen molar-refractivity contribution in [3.05, 3.63) is 33.8 Å². The van der Waals surface area contributed by atoms with Gasteiger partial charge in [-0.25, -0.2) is 8.78 Å². The first-order valence-corrected chi connectivity index (χ1v) is 8.39. The summed E-state index contributed by atoms with van der Waals surface area (Å²) >= 11 is 3.18. The molecule has 1 nitrogen and oxygen atoms in total. The highest BCUT2D eigenvalue weighted by Crippen LogP contribution is 2.44. The fourth-order valence-corrected chi connectivity index (χ4v) is 4.20. The van der Waals surface area contributed by atoms with E-state index in [-0.39, 0.29) is 11.5 Å². The van der Waals surface area contributed by atoms with Crippen LogP contribution in [-0.4, -0.2) is 13.1 Å². The zero-order valence-electron chi connectivity index (χ0n) is 13.1. The van der Waals surface area contributed by atoms with Crippen LogP contribution in [0.4, 0.5) is 8.78 Å². The molecule has 21 heavy (non-hydrogen) atoms. The third kappa shape index (κ3) is 3.16. The molecule has 4 heteroatoms. The van der Waals surface area contributed by atoms with E-state index < -0.39 is 17.0 Å². The van der Waals surface area contributed by atoms with Crippen LogP contribution in [0.25, 0.3) is 0 Å². The first-order chi connectivity index (χ1) is 9.78. The van der Waals surface area contributed by atoms with Crippen molar-refractivity contribution in [1.82, 2.24) is 5.32 Å². The predicted molar refractivity (Wildman–Crippen MR) is 86.4 cm³/mol. The van der Waals surface area contributed by atoms with Gasteiger partial charge in [0.25, 0.3) is 0 Å². The van der Waals surface area contributed by atoms with E-state index in [4.69, 9.17) is 0 Å². The third-order valence-electron chi connectivity index (χ3n) is 5.10. The highest BCUT2D eigenvalue weighted by atomic mass is 79.9. The SMILES string of the molecule is CNC1CC(C)CCC1C(C)(C)c1c(F)ccc(Br)c1F. The molecular formula is C17H24BrF2N. The molecule has 0 spiro atoms. The number of benzene rings is 1. The van der Waals surface area contributed by atoms with Gasteiger partial charge in [-0.2, -0.15) is 0 Å². The summed E-state index contributed by atoms with van der Waals surface area (Å²) < 4.78 is 29.2. The minimum atomic E-state index is -0.550. The molecule has 3 unspecified atom stereocenters. The molecule has 0 bridgehead atoms. The molecule has 0 saturated heterocycles. The van der Waals surface area contributed by atoms with Crippen molar-refractivity contribution >= 4 is 15.9 Å². The summed E-state index contributed by atoms with van der Waals surface area (Å²) in [5.41, 5.74) is -0.345. The van der Waals surface area contributed by atoms with Gasteiger partial charge in [0.2, 0.25) is 0 Å². The van der Waals surface area contributed by atoms with Crippen molar-refractivity contribution in [3.8, 4) is 0 Å². The molecule has 1 aliphatic carbocycles. The second-order valence-corrected chi connectivity index (χ2v) is 7.71. The number of nitrogens with one attached hydrogen (secondary N) is 1. The molecule has 2 rings (SSSR count). The second kappa shape index (κ2) is 6.33. The first kappa shape index (κ1) is 16.9. The zero-order chi connectivity index (χ0) is 15.8. The Kier molecular flexibility index (Phi) is 5.09.